The number of rotatable bonds is 2. The molecule has 0 aliphatic carbocycles. The molecule has 0 radical (unpaired) electrons. The molecule has 2 fully saturated rings. The maximum absolute atomic E-state index is 13.0. The van der Waals surface area contributed by atoms with Gasteiger partial charge in [-0.05, 0) is 43.9 Å². The van der Waals surface area contributed by atoms with Gasteiger partial charge in [-0.1, -0.05) is 15.9 Å². The van der Waals surface area contributed by atoms with Crippen LogP contribution in [-0.2, 0) is 6.18 Å². The van der Waals surface area contributed by atoms with Gasteiger partial charge >= 0.3 is 6.18 Å². The summed E-state index contributed by atoms with van der Waals surface area (Å²) in [7, 11) is 0. The molecule has 110 valence electrons. The van der Waals surface area contributed by atoms with E-state index in [9.17, 15) is 13.2 Å². The highest BCUT2D eigenvalue weighted by Gasteiger charge is 2.36. The summed E-state index contributed by atoms with van der Waals surface area (Å²) in [4.78, 5) is 0. The zero-order valence-corrected chi connectivity index (χ0v) is 12.4. The number of hydrogen-bond acceptors (Lipinski definition) is 2. The third-order valence-corrected chi connectivity index (χ3v) is 4.61. The predicted octanol–water partition coefficient (Wildman–Crippen LogP) is 4.16. The average Bonchev–Trinajstić information content (AvgIpc) is 2.67. The fraction of sp³-hybridized carbons (Fsp3) is 0.571. The van der Waals surface area contributed by atoms with Gasteiger partial charge in [-0.25, -0.2) is 0 Å². The molecule has 0 aromatic heterocycles. The van der Waals surface area contributed by atoms with Crippen molar-refractivity contribution < 1.29 is 13.2 Å². The Kier molecular flexibility index (Phi) is 3.71. The van der Waals surface area contributed by atoms with Gasteiger partial charge in [0.05, 0.1) is 5.56 Å². The van der Waals surface area contributed by atoms with Crippen LogP contribution in [0.2, 0.25) is 0 Å². The normalized spacial score (nSPS) is 29.5. The molecule has 2 atom stereocenters. The van der Waals surface area contributed by atoms with Crippen LogP contribution in [0.15, 0.2) is 22.7 Å². The van der Waals surface area contributed by atoms with Gasteiger partial charge in [-0.3, -0.25) is 0 Å². The first-order chi connectivity index (χ1) is 9.41. The van der Waals surface area contributed by atoms with E-state index in [0.29, 0.717) is 16.6 Å². The molecule has 1 aromatic carbocycles. The molecule has 20 heavy (non-hydrogen) atoms. The molecular weight excluding hydrogens is 333 g/mol. The Labute approximate surface area is 124 Å². The lowest BCUT2D eigenvalue weighted by Crippen LogP contribution is -2.43. The van der Waals surface area contributed by atoms with Gasteiger partial charge in [0.25, 0.3) is 0 Å². The van der Waals surface area contributed by atoms with E-state index in [2.05, 4.69) is 26.6 Å². The highest BCUT2D eigenvalue weighted by molar-refractivity contribution is 9.10. The van der Waals surface area contributed by atoms with Crippen molar-refractivity contribution >= 4 is 21.6 Å². The third-order valence-electron chi connectivity index (χ3n) is 4.12. The van der Waals surface area contributed by atoms with Gasteiger partial charge in [0.1, 0.15) is 0 Å². The van der Waals surface area contributed by atoms with Gasteiger partial charge in [-0.15, -0.1) is 0 Å². The lowest BCUT2D eigenvalue weighted by Gasteiger charge is -2.31. The molecule has 1 aromatic rings. The Morgan fingerprint density at radius 3 is 2.40 bits per heavy atom. The van der Waals surface area contributed by atoms with E-state index in [-0.39, 0.29) is 11.7 Å². The monoisotopic (exact) mass is 348 g/mol. The average molecular weight is 349 g/mol. The zero-order chi connectivity index (χ0) is 14.3. The van der Waals surface area contributed by atoms with Gasteiger partial charge in [0.15, 0.2) is 0 Å². The smallest absolute Gasteiger partial charge is 0.382 e. The molecule has 0 spiro atoms. The molecule has 0 amide bonds. The van der Waals surface area contributed by atoms with Crippen LogP contribution in [-0.4, -0.2) is 18.1 Å². The lowest BCUT2D eigenvalue weighted by molar-refractivity contribution is -0.137. The Hall–Kier alpha value is -0.750. The minimum absolute atomic E-state index is 0.115. The van der Waals surface area contributed by atoms with E-state index in [4.69, 9.17) is 0 Å². The van der Waals surface area contributed by atoms with Crippen molar-refractivity contribution in [2.24, 2.45) is 0 Å². The van der Waals surface area contributed by atoms with Crippen molar-refractivity contribution in [3.8, 4) is 0 Å². The van der Waals surface area contributed by atoms with E-state index < -0.39 is 11.7 Å². The predicted molar refractivity (Wildman–Crippen MR) is 75.7 cm³/mol. The maximum atomic E-state index is 13.0. The molecule has 2 N–H and O–H groups in total. The number of piperidine rings is 1. The second kappa shape index (κ2) is 5.22. The highest BCUT2D eigenvalue weighted by Crippen LogP contribution is 2.38. The molecule has 2 bridgehead atoms. The topological polar surface area (TPSA) is 24.1 Å². The molecule has 2 aliphatic heterocycles. The second-order valence-corrected chi connectivity index (χ2v) is 6.55. The van der Waals surface area contributed by atoms with Crippen molar-refractivity contribution in [1.82, 2.24) is 5.32 Å². The van der Waals surface area contributed by atoms with Gasteiger partial charge in [-0.2, -0.15) is 13.2 Å². The van der Waals surface area contributed by atoms with Crippen LogP contribution in [0.3, 0.4) is 0 Å². The molecule has 2 nitrogen and oxygen atoms in total. The van der Waals surface area contributed by atoms with Gasteiger partial charge < -0.3 is 10.6 Å². The van der Waals surface area contributed by atoms with Crippen LogP contribution in [0.25, 0.3) is 0 Å². The van der Waals surface area contributed by atoms with Crippen molar-refractivity contribution in [2.75, 3.05) is 5.32 Å². The number of fused-ring (bicyclic) bond motifs is 2. The molecular formula is C14H16BrF3N2. The van der Waals surface area contributed by atoms with E-state index in [1.54, 1.807) is 0 Å². The molecule has 2 aliphatic rings. The van der Waals surface area contributed by atoms with Crippen LogP contribution in [0.4, 0.5) is 18.9 Å². The van der Waals surface area contributed by atoms with Crippen LogP contribution in [0.5, 0.6) is 0 Å². The first-order valence-electron chi connectivity index (χ1n) is 6.81. The summed E-state index contributed by atoms with van der Waals surface area (Å²) in [6, 6.07) is 5.10. The summed E-state index contributed by atoms with van der Waals surface area (Å²) >= 11 is 3.24. The summed E-state index contributed by atoms with van der Waals surface area (Å²) < 4.78 is 39.8. The SMILES string of the molecule is FC(F)(F)c1ccc(Br)cc1NC1CC2CCC(C1)N2. The summed E-state index contributed by atoms with van der Waals surface area (Å²) in [6.45, 7) is 0. The Bertz CT molecular complexity index is 492. The summed E-state index contributed by atoms with van der Waals surface area (Å²) in [5, 5.41) is 6.60. The first kappa shape index (κ1) is 14.2. The van der Waals surface area contributed by atoms with E-state index in [0.717, 1.165) is 31.7 Å². The summed E-state index contributed by atoms with van der Waals surface area (Å²) in [6.07, 6.45) is -0.281. The minimum Gasteiger partial charge on any atom is -0.382 e. The van der Waals surface area contributed by atoms with Crippen molar-refractivity contribution in [3.63, 3.8) is 0 Å². The standard InChI is InChI=1S/C14H16BrF3N2/c15-8-1-4-12(14(16,17)18)13(5-8)20-11-6-9-2-3-10(7-11)19-9/h1,4-5,9-11,19-20H,2-3,6-7H2. The first-order valence-corrected chi connectivity index (χ1v) is 7.60. The largest absolute Gasteiger partial charge is 0.418 e. The van der Waals surface area contributed by atoms with E-state index in [1.807, 2.05) is 0 Å². The Morgan fingerprint density at radius 1 is 1.15 bits per heavy atom. The quantitative estimate of drug-likeness (QED) is 0.838. The van der Waals surface area contributed by atoms with E-state index in [1.165, 1.54) is 12.1 Å². The Balaban J connectivity index is 1.81. The summed E-state index contributed by atoms with van der Waals surface area (Å²) in [5.74, 6) is 0. The maximum Gasteiger partial charge on any atom is 0.418 e. The van der Waals surface area contributed by atoms with Crippen molar-refractivity contribution in [3.05, 3.63) is 28.2 Å². The number of anilines is 1. The minimum atomic E-state index is -4.32. The molecule has 3 rings (SSSR count). The summed E-state index contributed by atoms with van der Waals surface area (Å²) in [5.41, 5.74) is -0.412. The molecule has 0 saturated carbocycles. The highest BCUT2D eigenvalue weighted by atomic mass is 79.9. The second-order valence-electron chi connectivity index (χ2n) is 5.64. The van der Waals surface area contributed by atoms with Crippen molar-refractivity contribution in [1.29, 1.82) is 0 Å². The fourth-order valence-corrected chi connectivity index (χ4v) is 3.64. The molecule has 2 unspecified atom stereocenters. The van der Waals surface area contributed by atoms with Crippen LogP contribution in [0, 0.1) is 0 Å². The van der Waals surface area contributed by atoms with Crippen LogP contribution in [0.1, 0.15) is 31.2 Å². The van der Waals surface area contributed by atoms with Crippen LogP contribution < -0.4 is 10.6 Å². The van der Waals surface area contributed by atoms with Gasteiger partial charge in [0, 0.05) is 28.3 Å². The number of alkyl halides is 3. The third kappa shape index (κ3) is 2.96. The van der Waals surface area contributed by atoms with Crippen molar-refractivity contribution in [2.45, 2.75) is 50.0 Å². The lowest BCUT2D eigenvalue weighted by atomic mass is 9.99. The number of nitrogens with one attached hydrogen (secondary N) is 2. The fourth-order valence-electron chi connectivity index (χ4n) is 3.28. The number of hydrogen-bond donors (Lipinski definition) is 2. The number of halogens is 4. The number of benzene rings is 1. The van der Waals surface area contributed by atoms with Crippen LogP contribution >= 0.6 is 15.9 Å². The molecule has 6 heteroatoms. The van der Waals surface area contributed by atoms with E-state index >= 15 is 0 Å². The molecule has 2 saturated heterocycles. The molecule has 2 heterocycles. The Morgan fingerprint density at radius 2 is 1.80 bits per heavy atom. The van der Waals surface area contributed by atoms with Gasteiger partial charge in [0.2, 0.25) is 0 Å². The zero-order valence-electron chi connectivity index (χ0n) is 10.8.